The Morgan fingerprint density at radius 2 is 1.93 bits per heavy atom. The van der Waals surface area contributed by atoms with Gasteiger partial charge >= 0.3 is 0 Å². The van der Waals surface area contributed by atoms with Crippen molar-refractivity contribution in [2.45, 2.75) is 13.3 Å². The van der Waals surface area contributed by atoms with Crippen LogP contribution >= 0.6 is 11.3 Å². The van der Waals surface area contributed by atoms with Crippen LogP contribution in [0.5, 0.6) is 11.5 Å². The van der Waals surface area contributed by atoms with Gasteiger partial charge in [-0.05, 0) is 42.3 Å². The smallest absolute Gasteiger partial charge is 0.230 e. The van der Waals surface area contributed by atoms with Crippen molar-refractivity contribution in [1.82, 2.24) is 4.98 Å². The minimum atomic E-state index is -0.457. The summed E-state index contributed by atoms with van der Waals surface area (Å²) in [5, 5.41) is 5.01. The molecule has 0 radical (unpaired) electrons. The van der Waals surface area contributed by atoms with Gasteiger partial charge in [-0.15, -0.1) is 11.3 Å². The van der Waals surface area contributed by atoms with E-state index >= 15 is 0 Å². The van der Waals surface area contributed by atoms with Crippen LogP contribution in [-0.4, -0.2) is 25.1 Å². The lowest BCUT2D eigenvalue weighted by Gasteiger charge is -2.07. The number of carbonyl (C=O) groups excluding carboxylic acids is 1. The molecule has 0 atom stereocenters. The van der Waals surface area contributed by atoms with Gasteiger partial charge in [-0.2, -0.15) is 0 Å². The number of methoxy groups -OCH3 is 2. The quantitative estimate of drug-likeness (QED) is 0.680. The average molecular weight is 386 g/mol. The summed E-state index contributed by atoms with van der Waals surface area (Å²) >= 11 is 1.29. The van der Waals surface area contributed by atoms with Crippen LogP contribution in [0.25, 0.3) is 11.3 Å². The lowest BCUT2D eigenvalue weighted by Crippen LogP contribution is -2.14. The van der Waals surface area contributed by atoms with E-state index in [9.17, 15) is 9.18 Å². The number of benzene rings is 2. The third kappa shape index (κ3) is 4.43. The molecule has 3 rings (SSSR count). The molecule has 0 aliphatic carbocycles. The number of hydrogen-bond donors (Lipinski definition) is 1. The number of amides is 1. The molecule has 1 N–H and O–H groups in total. The van der Waals surface area contributed by atoms with Gasteiger partial charge in [0.1, 0.15) is 5.75 Å². The topological polar surface area (TPSA) is 60.5 Å². The Labute approximate surface area is 160 Å². The largest absolute Gasteiger partial charge is 0.496 e. The number of ether oxygens (including phenoxy) is 2. The molecular formula is C20H19FN2O3S. The molecular weight excluding hydrogens is 367 g/mol. The predicted molar refractivity (Wildman–Crippen MR) is 104 cm³/mol. The fraction of sp³-hybridized carbons (Fsp3) is 0.200. The molecule has 1 amide bonds. The summed E-state index contributed by atoms with van der Waals surface area (Å²) in [6.07, 6.45) is 0.211. The van der Waals surface area contributed by atoms with Gasteiger partial charge in [0.25, 0.3) is 0 Å². The maximum atomic E-state index is 13.9. The highest BCUT2D eigenvalue weighted by Crippen LogP contribution is 2.28. The van der Waals surface area contributed by atoms with Gasteiger partial charge in [0.2, 0.25) is 5.91 Å². The first-order valence-electron chi connectivity index (χ1n) is 8.23. The van der Waals surface area contributed by atoms with Crippen molar-refractivity contribution in [3.63, 3.8) is 0 Å². The van der Waals surface area contributed by atoms with Crippen LogP contribution in [0.1, 0.15) is 11.1 Å². The number of thiazole rings is 1. The predicted octanol–water partition coefficient (Wildman–Crippen LogP) is 4.46. The first kappa shape index (κ1) is 18.8. The maximum Gasteiger partial charge on any atom is 0.230 e. The summed E-state index contributed by atoms with van der Waals surface area (Å²) in [6.45, 7) is 1.95. The number of carbonyl (C=O) groups is 1. The number of aromatic nitrogens is 1. The standard InChI is InChI=1S/C20H19FN2O3S/c1-12-4-5-13(8-18(12)26-3)9-19(24)23-20-22-16(11-27-20)14-6-7-17(25-2)15(21)10-14/h4-8,10-11H,9H2,1-3H3,(H,22,23,24). The second-order valence-corrected chi connectivity index (χ2v) is 6.77. The van der Waals surface area contributed by atoms with E-state index in [4.69, 9.17) is 9.47 Å². The molecule has 1 heterocycles. The SMILES string of the molecule is COc1cc(CC(=O)Nc2nc(-c3ccc(OC)c(F)c3)cs2)ccc1C. The fourth-order valence-electron chi connectivity index (χ4n) is 2.61. The van der Waals surface area contributed by atoms with Crippen LogP contribution < -0.4 is 14.8 Å². The number of rotatable bonds is 6. The third-order valence-corrected chi connectivity index (χ3v) is 4.79. The van der Waals surface area contributed by atoms with Crippen LogP contribution in [-0.2, 0) is 11.2 Å². The zero-order valence-corrected chi connectivity index (χ0v) is 16.0. The summed E-state index contributed by atoms with van der Waals surface area (Å²) in [5.74, 6) is 0.291. The number of hydrogen-bond acceptors (Lipinski definition) is 5. The number of halogens is 1. The Morgan fingerprint density at radius 1 is 1.15 bits per heavy atom. The number of aryl methyl sites for hydroxylation is 1. The summed E-state index contributed by atoms with van der Waals surface area (Å²) < 4.78 is 24.1. The minimum absolute atomic E-state index is 0.177. The molecule has 0 spiro atoms. The molecule has 0 saturated heterocycles. The Bertz CT molecular complexity index is 972. The highest BCUT2D eigenvalue weighted by atomic mass is 32.1. The van der Waals surface area contributed by atoms with Gasteiger partial charge < -0.3 is 14.8 Å². The first-order valence-corrected chi connectivity index (χ1v) is 9.11. The summed E-state index contributed by atoms with van der Waals surface area (Å²) in [6, 6.07) is 10.3. The first-order chi connectivity index (χ1) is 13.0. The van der Waals surface area contributed by atoms with Crippen molar-refractivity contribution >= 4 is 22.4 Å². The summed E-state index contributed by atoms with van der Waals surface area (Å²) in [5.41, 5.74) is 3.07. The summed E-state index contributed by atoms with van der Waals surface area (Å²) in [4.78, 5) is 16.6. The van der Waals surface area contributed by atoms with E-state index < -0.39 is 5.82 Å². The molecule has 0 bridgehead atoms. The van der Waals surface area contributed by atoms with E-state index in [1.54, 1.807) is 24.6 Å². The van der Waals surface area contributed by atoms with Crippen molar-refractivity contribution in [1.29, 1.82) is 0 Å². The lowest BCUT2D eigenvalue weighted by molar-refractivity contribution is -0.115. The van der Waals surface area contributed by atoms with E-state index in [0.29, 0.717) is 16.4 Å². The Hall–Kier alpha value is -2.93. The molecule has 2 aromatic carbocycles. The second kappa shape index (κ2) is 8.18. The summed E-state index contributed by atoms with van der Waals surface area (Å²) in [7, 11) is 3.02. The molecule has 140 valence electrons. The third-order valence-electron chi connectivity index (χ3n) is 4.04. The molecule has 0 fully saturated rings. The zero-order chi connectivity index (χ0) is 19.4. The minimum Gasteiger partial charge on any atom is -0.496 e. The van der Waals surface area contributed by atoms with Crippen molar-refractivity contribution in [2.24, 2.45) is 0 Å². The molecule has 0 aliphatic rings. The monoisotopic (exact) mass is 386 g/mol. The van der Waals surface area contributed by atoms with E-state index in [1.165, 1.54) is 24.5 Å². The Balaban J connectivity index is 1.68. The molecule has 1 aromatic heterocycles. The highest BCUT2D eigenvalue weighted by molar-refractivity contribution is 7.14. The normalized spacial score (nSPS) is 10.5. The molecule has 0 aliphatic heterocycles. The van der Waals surface area contributed by atoms with Crippen molar-refractivity contribution in [2.75, 3.05) is 19.5 Å². The number of nitrogens with zero attached hydrogens (tertiary/aromatic N) is 1. The van der Waals surface area contributed by atoms with Crippen LogP contribution in [0.2, 0.25) is 0 Å². The zero-order valence-electron chi connectivity index (χ0n) is 15.2. The van der Waals surface area contributed by atoms with Crippen LogP contribution in [0.4, 0.5) is 9.52 Å². The number of nitrogens with one attached hydrogen (secondary N) is 1. The molecule has 0 unspecified atom stereocenters. The highest BCUT2D eigenvalue weighted by Gasteiger charge is 2.12. The molecule has 7 heteroatoms. The van der Waals surface area contributed by atoms with E-state index in [1.807, 2.05) is 25.1 Å². The van der Waals surface area contributed by atoms with Gasteiger partial charge in [0.15, 0.2) is 16.7 Å². The van der Waals surface area contributed by atoms with Gasteiger partial charge in [-0.25, -0.2) is 9.37 Å². The van der Waals surface area contributed by atoms with Gasteiger partial charge in [0.05, 0.1) is 26.3 Å². The fourth-order valence-corrected chi connectivity index (χ4v) is 3.35. The van der Waals surface area contributed by atoms with Crippen LogP contribution in [0.3, 0.4) is 0 Å². The van der Waals surface area contributed by atoms with Crippen molar-refractivity contribution in [3.8, 4) is 22.8 Å². The van der Waals surface area contributed by atoms with Crippen LogP contribution in [0.15, 0.2) is 41.8 Å². The second-order valence-electron chi connectivity index (χ2n) is 5.92. The van der Waals surface area contributed by atoms with Crippen LogP contribution in [0, 0.1) is 12.7 Å². The average Bonchev–Trinajstić information content (AvgIpc) is 3.11. The molecule has 5 nitrogen and oxygen atoms in total. The van der Waals surface area contributed by atoms with Gasteiger partial charge in [-0.1, -0.05) is 12.1 Å². The Kier molecular flexibility index (Phi) is 5.71. The van der Waals surface area contributed by atoms with E-state index in [2.05, 4.69) is 10.3 Å². The van der Waals surface area contributed by atoms with Crippen molar-refractivity contribution < 1.29 is 18.7 Å². The maximum absolute atomic E-state index is 13.9. The molecule has 3 aromatic rings. The Morgan fingerprint density at radius 3 is 2.63 bits per heavy atom. The van der Waals surface area contributed by atoms with Gasteiger partial charge in [-0.3, -0.25) is 4.79 Å². The molecule has 27 heavy (non-hydrogen) atoms. The van der Waals surface area contributed by atoms with E-state index in [-0.39, 0.29) is 18.1 Å². The van der Waals surface area contributed by atoms with Gasteiger partial charge in [0, 0.05) is 10.9 Å². The lowest BCUT2D eigenvalue weighted by atomic mass is 10.1. The molecule has 0 saturated carbocycles. The van der Waals surface area contributed by atoms with Crippen molar-refractivity contribution in [3.05, 3.63) is 58.7 Å². The van der Waals surface area contributed by atoms with E-state index in [0.717, 1.165) is 16.9 Å². The number of anilines is 1.